The minimum absolute atomic E-state index is 0.0527. The molecule has 1 aliphatic heterocycles. The van der Waals surface area contributed by atoms with E-state index in [2.05, 4.69) is 4.98 Å². The van der Waals surface area contributed by atoms with Crippen LogP contribution in [0.15, 0.2) is 23.4 Å². The van der Waals surface area contributed by atoms with Crippen molar-refractivity contribution < 1.29 is 12.8 Å². The van der Waals surface area contributed by atoms with Gasteiger partial charge in [0.1, 0.15) is 10.7 Å². The molecule has 0 unspecified atom stereocenters. The molecule has 1 aromatic rings. The first kappa shape index (κ1) is 13.4. The van der Waals surface area contributed by atoms with E-state index >= 15 is 0 Å². The summed E-state index contributed by atoms with van der Waals surface area (Å²) in [5.74, 6) is -0.622. The second-order valence-corrected chi connectivity index (χ2v) is 6.45. The van der Waals surface area contributed by atoms with Gasteiger partial charge in [0.2, 0.25) is 10.0 Å². The smallest absolute Gasteiger partial charge is 0.244 e. The Morgan fingerprint density at radius 2 is 1.67 bits per heavy atom. The molecule has 6 heteroatoms. The van der Waals surface area contributed by atoms with Gasteiger partial charge in [-0.25, -0.2) is 12.8 Å². The number of hydrogen-bond donors (Lipinski definition) is 0. The number of halogens is 1. The van der Waals surface area contributed by atoms with Crippen LogP contribution in [0.5, 0.6) is 0 Å². The van der Waals surface area contributed by atoms with E-state index in [1.54, 1.807) is 0 Å². The molecule has 0 spiro atoms. The molecule has 0 saturated carbocycles. The van der Waals surface area contributed by atoms with Gasteiger partial charge in [-0.05, 0) is 18.9 Å². The van der Waals surface area contributed by atoms with Gasteiger partial charge in [0, 0.05) is 19.3 Å². The van der Waals surface area contributed by atoms with Gasteiger partial charge in [-0.1, -0.05) is 19.3 Å². The molecule has 1 saturated heterocycles. The third kappa shape index (κ3) is 3.05. The Bertz CT molecular complexity index is 497. The van der Waals surface area contributed by atoms with Crippen molar-refractivity contribution in [3.8, 4) is 0 Å². The van der Waals surface area contributed by atoms with Crippen LogP contribution >= 0.6 is 0 Å². The molecule has 0 aliphatic carbocycles. The molecule has 100 valence electrons. The summed E-state index contributed by atoms with van der Waals surface area (Å²) in [4.78, 5) is 3.55. The summed E-state index contributed by atoms with van der Waals surface area (Å²) < 4.78 is 39.2. The molecule has 0 aromatic carbocycles. The van der Waals surface area contributed by atoms with Crippen molar-refractivity contribution in [1.82, 2.24) is 9.29 Å². The lowest BCUT2D eigenvalue weighted by Crippen LogP contribution is -2.34. The molecule has 18 heavy (non-hydrogen) atoms. The highest BCUT2D eigenvalue weighted by Gasteiger charge is 2.25. The van der Waals surface area contributed by atoms with Crippen LogP contribution in [0.25, 0.3) is 0 Å². The number of hydrogen-bond acceptors (Lipinski definition) is 3. The van der Waals surface area contributed by atoms with Crippen LogP contribution < -0.4 is 0 Å². The molecule has 4 nitrogen and oxygen atoms in total. The molecule has 2 heterocycles. The van der Waals surface area contributed by atoms with E-state index in [9.17, 15) is 12.8 Å². The van der Waals surface area contributed by atoms with E-state index < -0.39 is 15.8 Å². The number of aromatic nitrogens is 1. The van der Waals surface area contributed by atoms with Crippen LogP contribution in [0.2, 0.25) is 0 Å². The van der Waals surface area contributed by atoms with E-state index in [4.69, 9.17) is 0 Å². The summed E-state index contributed by atoms with van der Waals surface area (Å²) in [5, 5.41) is 0. The lowest BCUT2D eigenvalue weighted by atomic mass is 10.1. The van der Waals surface area contributed by atoms with Crippen LogP contribution in [0, 0.1) is 5.82 Å². The van der Waals surface area contributed by atoms with E-state index in [0.29, 0.717) is 13.1 Å². The Kier molecular flexibility index (Phi) is 4.29. The van der Waals surface area contributed by atoms with Crippen LogP contribution in [0.1, 0.15) is 32.1 Å². The zero-order valence-corrected chi connectivity index (χ0v) is 11.0. The van der Waals surface area contributed by atoms with Crippen LogP contribution in [0.4, 0.5) is 4.39 Å². The van der Waals surface area contributed by atoms with Crippen molar-refractivity contribution in [3.63, 3.8) is 0 Å². The Morgan fingerprint density at radius 1 is 1.06 bits per heavy atom. The van der Waals surface area contributed by atoms with E-state index in [1.807, 2.05) is 0 Å². The molecule has 0 atom stereocenters. The third-order valence-electron chi connectivity index (χ3n) is 3.13. The summed E-state index contributed by atoms with van der Waals surface area (Å²) in [6.07, 6.45) is 7.20. The van der Waals surface area contributed by atoms with Crippen LogP contribution in [-0.2, 0) is 10.0 Å². The first-order valence-electron chi connectivity index (χ1n) is 6.21. The van der Waals surface area contributed by atoms with Crippen molar-refractivity contribution in [2.24, 2.45) is 0 Å². The van der Waals surface area contributed by atoms with E-state index in [1.165, 1.54) is 10.5 Å². The average Bonchev–Trinajstić information content (AvgIpc) is 2.27. The largest absolute Gasteiger partial charge is 0.260 e. The minimum Gasteiger partial charge on any atom is -0.260 e. The van der Waals surface area contributed by atoms with Gasteiger partial charge < -0.3 is 0 Å². The molecule has 0 bridgehead atoms. The fourth-order valence-corrected chi connectivity index (χ4v) is 3.63. The molecule has 0 radical (unpaired) electrons. The van der Waals surface area contributed by atoms with Gasteiger partial charge in [0.05, 0.1) is 6.20 Å². The Morgan fingerprint density at radius 3 is 2.28 bits per heavy atom. The summed E-state index contributed by atoms with van der Waals surface area (Å²) in [6, 6.07) is 1.03. The molecular formula is C12H17FN2O2S. The molecule has 0 amide bonds. The quantitative estimate of drug-likeness (QED) is 0.829. The lowest BCUT2D eigenvalue weighted by Gasteiger charge is -2.23. The first-order valence-corrected chi connectivity index (χ1v) is 7.65. The van der Waals surface area contributed by atoms with E-state index in [0.717, 1.165) is 44.4 Å². The fourth-order valence-electron chi connectivity index (χ4n) is 2.14. The van der Waals surface area contributed by atoms with Crippen LogP contribution in [-0.4, -0.2) is 30.8 Å². The highest BCUT2D eigenvalue weighted by atomic mass is 32.2. The van der Waals surface area contributed by atoms with Crippen molar-refractivity contribution in [1.29, 1.82) is 0 Å². The Balaban J connectivity index is 2.23. The predicted octanol–water partition coefficient (Wildman–Crippen LogP) is 2.18. The standard InChI is InChI=1S/C12H17FN2O2S/c13-11-8-12(10-14-9-11)18(16,17)15-6-4-2-1-3-5-7-15/h8-10H,1-7H2. The summed E-state index contributed by atoms with van der Waals surface area (Å²) in [7, 11) is -3.59. The maximum Gasteiger partial charge on any atom is 0.244 e. The Labute approximate surface area is 107 Å². The second-order valence-electron chi connectivity index (χ2n) is 4.51. The van der Waals surface area contributed by atoms with Gasteiger partial charge >= 0.3 is 0 Å². The SMILES string of the molecule is O=S(=O)(c1cncc(F)c1)N1CCCCCCC1. The first-order chi connectivity index (χ1) is 8.60. The topological polar surface area (TPSA) is 50.3 Å². The monoisotopic (exact) mass is 272 g/mol. The van der Waals surface area contributed by atoms with Crippen molar-refractivity contribution in [3.05, 3.63) is 24.3 Å². The third-order valence-corrected chi connectivity index (χ3v) is 5.00. The van der Waals surface area contributed by atoms with Crippen molar-refractivity contribution in [2.75, 3.05) is 13.1 Å². The minimum atomic E-state index is -3.59. The van der Waals surface area contributed by atoms with Crippen molar-refractivity contribution >= 4 is 10.0 Å². The molecule has 1 fully saturated rings. The molecular weight excluding hydrogens is 255 g/mol. The highest BCUT2D eigenvalue weighted by molar-refractivity contribution is 7.89. The van der Waals surface area contributed by atoms with Gasteiger partial charge in [0.25, 0.3) is 0 Å². The van der Waals surface area contributed by atoms with Crippen molar-refractivity contribution in [2.45, 2.75) is 37.0 Å². The maximum absolute atomic E-state index is 13.1. The number of sulfonamides is 1. The normalized spacial score (nSPS) is 19.2. The number of rotatable bonds is 2. The Hall–Kier alpha value is -1.01. The predicted molar refractivity (Wildman–Crippen MR) is 66.0 cm³/mol. The summed E-state index contributed by atoms with van der Waals surface area (Å²) >= 11 is 0. The summed E-state index contributed by atoms with van der Waals surface area (Å²) in [6.45, 7) is 1.03. The molecule has 1 aromatic heterocycles. The maximum atomic E-state index is 13.1. The van der Waals surface area contributed by atoms with E-state index in [-0.39, 0.29) is 4.90 Å². The number of nitrogens with zero attached hydrogens (tertiary/aromatic N) is 2. The van der Waals surface area contributed by atoms with Gasteiger partial charge in [-0.15, -0.1) is 0 Å². The molecule has 0 N–H and O–H groups in total. The second kappa shape index (κ2) is 5.75. The zero-order chi connectivity index (χ0) is 13.0. The van der Waals surface area contributed by atoms with Gasteiger partial charge in [-0.3, -0.25) is 4.98 Å². The van der Waals surface area contributed by atoms with Gasteiger partial charge in [0.15, 0.2) is 0 Å². The van der Waals surface area contributed by atoms with Crippen LogP contribution in [0.3, 0.4) is 0 Å². The zero-order valence-electron chi connectivity index (χ0n) is 10.2. The highest BCUT2D eigenvalue weighted by Crippen LogP contribution is 2.19. The fraction of sp³-hybridized carbons (Fsp3) is 0.583. The average molecular weight is 272 g/mol. The van der Waals surface area contributed by atoms with Gasteiger partial charge in [-0.2, -0.15) is 4.31 Å². The molecule has 1 aliphatic rings. The number of pyridine rings is 1. The molecule has 2 rings (SSSR count). The lowest BCUT2D eigenvalue weighted by molar-refractivity contribution is 0.364. The summed E-state index contributed by atoms with van der Waals surface area (Å²) in [5.41, 5.74) is 0.